The summed E-state index contributed by atoms with van der Waals surface area (Å²) in [5.74, 6) is 2.34. The summed E-state index contributed by atoms with van der Waals surface area (Å²) in [6, 6.07) is 17.6. The molecule has 1 atom stereocenters. The Morgan fingerprint density at radius 2 is 1.26 bits per heavy atom. The monoisotopic (exact) mass is 408 g/mol. The van der Waals surface area contributed by atoms with Gasteiger partial charge in [0.05, 0.1) is 14.2 Å². The van der Waals surface area contributed by atoms with Crippen LogP contribution >= 0.6 is 0 Å². The van der Waals surface area contributed by atoms with Crippen LogP contribution in [0.25, 0.3) is 32.7 Å². The van der Waals surface area contributed by atoms with E-state index in [0.29, 0.717) is 5.92 Å². The van der Waals surface area contributed by atoms with Crippen LogP contribution in [0.3, 0.4) is 0 Å². The van der Waals surface area contributed by atoms with Gasteiger partial charge < -0.3 is 9.47 Å². The van der Waals surface area contributed by atoms with E-state index in [1.54, 1.807) is 14.2 Å². The first kappa shape index (κ1) is 19.7. The number of rotatable bonds is 4. The van der Waals surface area contributed by atoms with Crippen LogP contribution < -0.4 is 0 Å². The number of hydrogen-bond donors (Lipinski definition) is 0. The van der Waals surface area contributed by atoms with Crippen molar-refractivity contribution in [3.8, 4) is 0 Å². The zero-order valence-corrected chi connectivity index (χ0v) is 18.4. The molecule has 0 saturated heterocycles. The molecule has 2 nitrogen and oxygen atoms in total. The van der Waals surface area contributed by atoms with Gasteiger partial charge in [-0.25, -0.2) is 0 Å². The number of fused-ring (bicyclic) bond motifs is 2. The van der Waals surface area contributed by atoms with Gasteiger partial charge in [-0.2, -0.15) is 0 Å². The Kier molecular flexibility index (Phi) is 5.15. The van der Waals surface area contributed by atoms with E-state index in [1.807, 2.05) is 0 Å². The second kappa shape index (κ2) is 8.11. The summed E-state index contributed by atoms with van der Waals surface area (Å²) in [5.41, 5.74) is 5.19. The summed E-state index contributed by atoms with van der Waals surface area (Å²) in [6.45, 7) is 2.30. The summed E-state index contributed by atoms with van der Waals surface area (Å²) in [7, 11) is 3.55. The molecule has 0 aliphatic heterocycles. The van der Waals surface area contributed by atoms with Gasteiger partial charge in [0.15, 0.2) is 0 Å². The minimum absolute atomic E-state index is 0.393. The lowest BCUT2D eigenvalue weighted by molar-refractivity contribution is 0.304. The molecule has 2 heteroatoms. The molecular weight excluding hydrogens is 380 g/mol. The predicted octanol–water partition coefficient (Wildman–Crippen LogP) is 7.65. The lowest BCUT2D eigenvalue weighted by Gasteiger charge is -2.26. The van der Waals surface area contributed by atoms with Gasteiger partial charge in [-0.1, -0.05) is 67.6 Å². The maximum Gasteiger partial charge on any atom is 0.122 e. The first-order valence-corrected chi connectivity index (χ1v) is 11.1. The highest BCUT2D eigenvalue weighted by molar-refractivity contribution is 6.16. The van der Waals surface area contributed by atoms with E-state index in [-0.39, 0.29) is 0 Å². The lowest BCUT2D eigenvalue weighted by atomic mass is 9.79. The quantitative estimate of drug-likeness (QED) is 0.413. The van der Waals surface area contributed by atoms with E-state index in [1.165, 1.54) is 43.8 Å². The van der Waals surface area contributed by atoms with Gasteiger partial charge in [0.25, 0.3) is 0 Å². The second-order valence-corrected chi connectivity index (χ2v) is 8.35. The van der Waals surface area contributed by atoms with Crippen molar-refractivity contribution in [2.45, 2.75) is 26.2 Å². The molecule has 156 valence electrons. The Balaban J connectivity index is 1.97. The molecule has 2 aliphatic rings. The summed E-state index contributed by atoms with van der Waals surface area (Å²) in [4.78, 5) is 0. The largest absolute Gasteiger partial charge is 0.496 e. The molecule has 0 N–H and O–H groups in total. The summed E-state index contributed by atoms with van der Waals surface area (Å²) < 4.78 is 11.7. The van der Waals surface area contributed by atoms with Crippen molar-refractivity contribution in [2.24, 2.45) is 5.92 Å². The van der Waals surface area contributed by atoms with Crippen LogP contribution in [-0.4, -0.2) is 14.2 Å². The highest BCUT2D eigenvalue weighted by Crippen LogP contribution is 2.46. The van der Waals surface area contributed by atoms with Crippen LogP contribution in [0.5, 0.6) is 0 Å². The molecule has 3 aromatic rings. The van der Waals surface area contributed by atoms with Crippen molar-refractivity contribution in [1.82, 2.24) is 0 Å². The minimum Gasteiger partial charge on any atom is -0.496 e. The Bertz CT molecular complexity index is 1230. The lowest BCUT2D eigenvalue weighted by Crippen LogP contribution is -2.08. The van der Waals surface area contributed by atoms with E-state index in [4.69, 9.17) is 9.47 Å². The van der Waals surface area contributed by atoms with Gasteiger partial charge in [-0.05, 0) is 70.0 Å². The normalized spacial score (nSPS) is 18.9. The summed E-state index contributed by atoms with van der Waals surface area (Å²) >= 11 is 0. The number of allylic oxidation sites excluding steroid dienone is 6. The molecule has 0 radical (unpaired) electrons. The van der Waals surface area contributed by atoms with Crippen LogP contribution in [0.1, 0.15) is 37.3 Å². The van der Waals surface area contributed by atoms with Gasteiger partial charge in [0.1, 0.15) is 11.5 Å². The Morgan fingerprint density at radius 1 is 0.710 bits per heavy atom. The Hall–Kier alpha value is -3.26. The number of benzene rings is 3. The Labute approximate surface area is 184 Å². The fourth-order valence-electron chi connectivity index (χ4n) is 5.20. The first-order chi connectivity index (χ1) is 15.2. The average molecular weight is 409 g/mol. The van der Waals surface area contributed by atoms with E-state index in [0.717, 1.165) is 30.8 Å². The van der Waals surface area contributed by atoms with Crippen molar-refractivity contribution >= 4 is 32.7 Å². The van der Waals surface area contributed by atoms with Crippen LogP contribution in [-0.2, 0) is 9.47 Å². The highest BCUT2D eigenvalue weighted by atomic mass is 16.5. The van der Waals surface area contributed by atoms with Gasteiger partial charge in [0.2, 0.25) is 0 Å². The maximum absolute atomic E-state index is 5.86. The van der Waals surface area contributed by atoms with Crippen molar-refractivity contribution < 1.29 is 9.47 Å². The average Bonchev–Trinajstić information content (AvgIpc) is 2.82. The van der Waals surface area contributed by atoms with E-state index in [9.17, 15) is 0 Å². The fourth-order valence-corrected chi connectivity index (χ4v) is 5.20. The molecule has 5 rings (SSSR count). The topological polar surface area (TPSA) is 18.5 Å². The molecule has 0 spiro atoms. The molecule has 0 unspecified atom stereocenters. The third-order valence-corrected chi connectivity index (χ3v) is 6.59. The van der Waals surface area contributed by atoms with Crippen LogP contribution in [0, 0.1) is 5.92 Å². The standard InChI is InChI=1S/C29H28O2/c1-19-11-10-18-26(31-3)27(19)29-22-14-6-4-12-20(22)28(21-13-5-7-15-23(21)29)24-16-8-9-17-25(24)30-2/h4-7,9-10,12-15,17-19H,8,11,16H2,1-3H3/t19-/m0/s1. The first-order valence-electron chi connectivity index (χ1n) is 11.1. The molecular formula is C29H28O2. The number of ether oxygens (including phenoxy) is 2. The minimum atomic E-state index is 0.393. The molecule has 31 heavy (non-hydrogen) atoms. The molecule has 0 heterocycles. The second-order valence-electron chi connectivity index (χ2n) is 8.35. The third-order valence-electron chi connectivity index (χ3n) is 6.59. The summed E-state index contributed by atoms with van der Waals surface area (Å²) in [5, 5.41) is 5.11. The van der Waals surface area contributed by atoms with Gasteiger partial charge in [-0.15, -0.1) is 0 Å². The smallest absolute Gasteiger partial charge is 0.122 e. The van der Waals surface area contributed by atoms with Crippen LogP contribution in [0.15, 0.2) is 84.4 Å². The van der Waals surface area contributed by atoms with E-state index >= 15 is 0 Å². The van der Waals surface area contributed by atoms with E-state index < -0.39 is 0 Å². The Morgan fingerprint density at radius 3 is 1.84 bits per heavy atom. The molecule has 3 aromatic carbocycles. The molecule has 0 saturated carbocycles. The molecule has 0 fully saturated rings. The van der Waals surface area contributed by atoms with Crippen molar-refractivity contribution in [3.05, 3.63) is 95.5 Å². The van der Waals surface area contributed by atoms with Crippen LogP contribution in [0.2, 0.25) is 0 Å². The molecule has 0 amide bonds. The van der Waals surface area contributed by atoms with Crippen molar-refractivity contribution in [2.75, 3.05) is 14.2 Å². The van der Waals surface area contributed by atoms with E-state index in [2.05, 4.69) is 79.8 Å². The molecule has 2 aliphatic carbocycles. The summed E-state index contributed by atoms with van der Waals surface area (Å²) in [6.07, 6.45) is 11.7. The van der Waals surface area contributed by atoms with Crippen molar-refractivity contribution in [3.63, 3.8) is 0 Å². The zero-order valence-electron chi connectivity index (χ0n) is 18.4. The van der Waals surface area contributed by atoms with Crippen LogP contribution in [0.4, 0.5) is 0 Å². The zero-order chi connectivity index (χ0) is 21.4. The van der Waals surface area contributed by atoms with Gasteiger partial charge >= 0.3 is 0 Å². The molecule has 0 bridgehead atoms. The van der Waals surface area contributed by atoms with Crippen molar-refractivity contribution in [1.29, 1.82) is 0 Å². The number of methoxy groups -OCH3 is 2. The molecule has 0 aromatic heterocycles. The SMILES string of the molecule is COC1=C(c2c3ccccc3c(C3=C(OC)C=CC[C@@H]3C)c3ccccc23)CCC=C1. The van der Waals surface area contributed by atoms with Gasteiger partial charge in [0, 0.05) is 11.1 Å². The predicted molar refractivity (Wildman–Crippen MR) is 131 cm³/mol. The highest BCUT2D eigenvalue weighted by Gasteiger charge is 2.26. The third kappa shape index (κ3) is 3.18. The fraction of sp³-hybridized carbons (Fsp3) is 0.241. The number of hydrogen-bond acceptors (Lipinski definition) is 2. The van der Waals surface area contributed by atoms with Gasteiger partial charge in [-0.3, -0.25) is 0 Å². The maximum atomic E-state index is 5.86.